The number of likely N-dealkylation sites (tertiary alicyclic amines) is 1. The number of piperidine rings is 1. The summed E-state index contributed by atoms with van der Waals surface area (Å²) in [5.74, 6) is 1.79. The molecule has 1 saturated heterocycles. The van der Waals surface area contributed by atoms with E-state index in [1.165, 1.54) is 33.3 Å². The number of benzene rings is 1. The molecule has 5 rings (SSSR count). The average Bonchev–Trinajstić information content (AvgIpc) is 3.40. The van der Waals surface area contributed by atoms with Crippen LogP contribution in [0.4, 0.5) is 0 Å². The number of nitrogens with one attached hydrogen (secondary N) is 2. The molecule has 1 aliphatic heterocycles. The van der Waals surface area contributed by atoms with Crippen molar-refractivity contribution in [3.05, 3.63) is 58.7 Å². The normalized spacial score (nSPS) is 15.8. The summed E-state index contributed by atoms with van der Waals surface area (Å²) in [6.45, 7) is 11.6. The van der Waals surface area contributed by atoms with Gasteiger partial charge in [0.25, 0.3) is 0 Å². The van der Waals surface area contributed by atoms with Crippen LogP contribution in [0.1, 0.15) is 66.9 Å². The van der Waals surface area contributed by atoms with Gasteiger partial charge >= 0.3 is 0 Å². The molecule has 7 nitrogen and oxygen atoms in total. The van der Waals surface area contributed by atoms with Gasteiger partial charge < -0.3 is 4.98 Å². The topological polar surface area (TPSA) is 86.4 Å². The first-order valence-corrected chi connectivity index (χ1v) is 11.5. The number of H-pyrrole nitrogens is 2. The van der Waals surface area contributed by atoms with Crippen molar-refractivity contribution in [2.45, 2.75) is 58.9 Å². The van der Waals surface area contributed by atoms with Crippen molar-refractivity contribution >= 4 is 10.9 Å². The lowest BCUT2D eigenvalue weighted by atomic mass is 9.87. The fraction of sp³-hybridized carbons (Fsp3) is 0.440. The van der Waals surface area contributed by atoms with E-state index in [0.717, 1.165) is 49.7 Å². The van der Waals surface area contributed by atoms with Crippen molar-refractivity contribution in [1.29, 1.82) is 0 Å². The van der Waals surface area contributed by atoms with Gasteiger partial charge in [-0.1, -0.05) is 25.1 Å². The number of hydrogen-bond acceptors (Lipinski definition) is 5. The van der Waals surface area contributed by atoms with Gasteiger partial charge in [-0.25, -0.2) is 0 Å². The summed E-state index contributed by atoms with van der Waals surface area (Å²) >= 11 is 0. The van der Waals surface area contributed by atoms with Crippen LogP contribution in [0.15, 0.2) is 30.3 Å². The van der Waals surface area contributed by atoms with E-state index in [4.69, 9.17) is 0 Å². The highest BCUT2D eigenvalue weighted by molar-refractivity contribution is 5.92. The van der Waals surface area contributed by atoms with Crippen molar-refractivity contribution < 1.29 is 0 Å². The number of nitrogens with zero attached hydrogens (tertiary/aromatic N) is 5. The summed E-state index contributed by atoms with van der Waals surface area (Å²) in [5, 5.41) is 15.7. The van der Waals surface area contributed by atoms with Crippen molar-refractivity contribution in [3.63, 3.8) is 0 Å². The smallest absolute Gasteiger partial charge is 0.188 e. The molecule has 1 aromatic carbocycles. The first kappa shape index (κ1) is 20.8. The predicted molar refractivity (Wildman–Crippen MR) is 127 cm³/mol. The summed E-state index contributed by atoms with van der Waals surface area (Å²) in [6.07, 6.45) is 2.31. The maximum atomic E-state index is 4.56. The van der Waals surface area contributed by atoms with Gasteiger partial charge in [-0.15, -0.1) is 10.2 Å². The molecule has 32 heavy (non-hydrogen) atoms. The number of fused-ring (bicyclic) bond motifs is 1. The molecule has 3 aromatic heterocycles. The van der Waals surface area contributed by atoms with E-state index >= 15 is 0 Å². The summed E-state index contributed by atoms with van der Waals surface area (Å²) in [4.78, 5) is 10.7. The number of pyridine rings is 1. The van der Waals surface area contributed by atoms with Crippen molar-refractivity contribution in [1.82, 2.24) is 35.5 Å². The maximum absolute atomic E-state index is 4.56. The van der Waals surface area contributed by atoms with Crippen molar-refractivity contribution in [3.8, 4) is 11.3 Å². The van der Waals surface area contributed by atoms with E-state index in [-0.39, 0.29) is 0 Å². The summed E-state index contributed by atoms with van der Waals surface area (Å²) in [5.41, 5.74) is 8.65. The highest BCUT2D eigenvalue weighted by Gasteiger charge is 2.23. The Morgan fingerprint density at radius 2 is 1.81 bits per heavy atom. The SMILES string of the molecule is Cc1cc(-c2[nH]c3ccc(C4CCN(Cc5nn[nH]n5)CC4)cc3c2C(C)C)cc(C)n1. The Morgan fingerprint density at radius 3 is 2.47 bits per heavy atom. The number of tetrazole rings is 1. The summed E-state index contributed by atoms with van der Waals surface area (Å²) in [7, 11) is 0. The molecule has 1 aliphatic rings. The van der Waals surface area contributed by atoms with Crippen LogP contribution >= 0.6 is 0 Å². The van der Waals surface area contributed by atoms with E-state index in [2.05, 4.69) is 93.5 Å². The van der Waals surface area contributed by atoms with E-state index < -0.39 is 0 Å². The quantitative estimate of drug-likeness (QED) is 0.473. The van der Waals surface area contributed by atoms with Gasteiger partial charge in [0, 0.05) is 27.9 Å². The number of aromatic amines is 2. The molecule has 0 saturated carbocycles. The molecule has 0 amide bonds. The lowest BCUT2D eigenvalue weighted by molar-refractivity contribution is 0.200. The number of aryl methyl sites for hydroxylation is 2. The number of hydrogen-bond donors (Lipinski definition) is 2. The molecule has 0 unspecified atom stereocenters. The Morgan fingerprint density at radius 1 is 1.06 bits per heavy atom. The second-order valence-electron chi connectivity index (χ2n) is 9.39. The molecule has 0 radical (unpaired) electrons. The molecule has 0 spiro atoms. The third-order valence-electron chi connectivity index (χ3n) is 6.62. The molecule has 7 heteroatoms. The fourth-order valence-corrected chi connectivity index (χ4v) is 5.16. The molecule has 2 N–H and O–H groups in total. The minimum atomic E-state index is 0.430. The monoisotopic (exact) mass is 429 g/mol. The fourth-order valence-electron chi connectivity index (χ4n) is 5.16. The maximum Gasteiger partial charge on any atom is 0.188 e. The second-order valence-corrected chi connectivity index (χ2v) is 9.39. The van der Waals surface area contributed by atoms with Gasteiger partial charge in [-0.05, 0) is 87.0 Å². The molecular weight excluding hydrogens is 398 g/mol. The van der Waals surface area contributed by atoms with Gasteiger partial charge in [0.05, 0.1) is 12.2 Å². The van der Waals surface area contributed by atoms with E-state index in [1.807, 2.05) is 0 Å². The van der Waals surface area contributed by atoms with E-state index in [1.54, 1.807) is 0 Å². The van der Waals surface area contributed by atoms with E-state index in [0.29, 0.717) is 11.8 Å². The Bertz CT molecular complexity index is 1190. The second kappa shape index (κ2) is 8.47. The van der Waals surface area contributed by atoms with Crippen LogP contribution < -0.4 is 0 Å². The molecule has 0 bridgehead atoms. The van der Waals surface area contributed by atoms with Crippen molar-refractivity contribution in [2.24, 2.45) is 0 Å². The molecular formula is C25H31N7. The molecule has 1 fully saturated rings. The molecule has 0 aliphatic carbocycles. The molecule has 0 atom stereocenters. The third kappa shape index (κ3) is 4.05. The Labute approximate surface area is 188 Å². The van der Waals surface area contributed by atoms with Crippen molar-refractivity contribution in [2.75, 3.05) is 13.1 Å². The van der Waals surface area contributed by atoms with Gasteiger partial charge in [-0.2, -0.15) is 5.21 Å². The Kier molecular flexibility index (Phi) is 5.51. The van der Waals surface area contributed by atoms with Gasteiger partial charge in [-0.3, -0.25) is 9.88 Å². The standard InChI is InChI=1S/C25H31N7/c1-15(2)24-21-13-19(18-7-9-32(10-8-18)14-23-28-30-31-29-23)5-6-22(21)27-25(24)20-11-16(3)26-17(4)12-20/h5-6,11-13,15,18,27H,7-10,14H2,1-4H3,(H,28,29,30,31). The summed E-state index contributed by atoms with van der Waals surface area (Å²) < 4.78 is 0. The highest BCUT2D eigenvalue weighted by atomic mass is 15.5. The molecule has 4 aromatic rings. The largest absolute Gasteiger partial charge is 0.354 e. The van der Waals surface area contributed by atoms with Crippen LogP contribution in [0.3, 0.4) is 0 Å². The zero-order chi connectivity index (χ0) is 22.2. The lowest BCUT2D eigenvalue weighted by Gasteiger charge is -2.31. The van der Waals surface area contributed by atoms with Crippen LogP contribution in [-0.4, -0.2) is 48.6 Å². The first-order chi connectivity index (χ1) is 15.5. The molecule has 166 valence electrons. The highest BCUT2D eigenvalue weighted by Crippen LogP contribution is 2.38. The summed E-state index contributed by atoms with van der Waals surface area (Å²) in [6, 6.07) is 11.4. The first-order valence-electron chi connectivity index (χ1n) is 11.5. The third-order valence-corrected chi connectivity index (χ3v) is 6.62. The van der Waals surface area contributed by atoms with Gasteiger partial charge in [0.1, 0.15) is 0 Å². The van der Waals surface area contributed by atoms with Gasteiger partial charge in [0.2, 0.25) is 0 Å². The minimum Gasteiger partial charge on any atom is -0.354 e. The zero-order valence-corrected chi connectivity index (χ0v) is 19.3. The predicted octanol–water partition coefficient (Wildman–Crippen LogP) is 4.86. The number of rotatable bonds is 5. The van der Waals surface area contributed by atoms with E-state index in [9.17, 15) is 0 Å². The average molecular weight is 430 g/mol. The molecule has 4 heterocycles. The van der Waals surface area contributed by atoms with Crippen LogP contribution in [0.5, 0.6) is 0 Å². The number of aromatic nitrogens is 6. The van der Waals surface area contributed by atoms with Crippen LogP contribution in [0, 0.1) is 13.8 Å². The Hall–Kier alpha value is -3.06. The lowest BCUT2D eigenvalue weighted by Crippen LogP contribution is -2.32. The van der Waals surface area contributed by atoms with Gasteiger partial charge in [0.15, 0.2) is 5.82 Å². The Balaban J connectivity index is 1.43. The minimum absolute atomic E-state index is 0.430. The van der Waals surface area contributed by atoms with Crippen LogP contribution in [0.25, 0.3) is 22.2 Å². The zero-order valence-electron chi connectivity index (χ0n) is 19.3. The van der Waals surface area contributed by atoms with Crippen LogP contribution in [-0.2, 0) is 6.54 Å². The van der Waals surface area contributed by atoms with Crippen LogP contribution in [0.2, 0.25) is 0 Å².